The van der Waals surface area contributed by atoms with E-state index in [1.54, 1.807) is 0 Å². The zero-order chi connectivity index (χ0) is 10.3. The van der Waals surface area contributed by atoms with E-state index in [2.05, 4.69) is 33.0 Å². The second-order valence-electron chi connectivity index (χ2n) is 3.92. The van der Waals surface area contributed by atoms with Gasteiger partial charge in [-0.05, 0) is 18.3 Å². The molecule has 0 saturated carbocycles. The number of amidine groups is 1. The Balaban J connectivity index is 3.68. The van der Waals surface area contributed by atoms with Gasteiger partial charge in [0.05, 0.1) is 0 Å². The maximum absolute atomic E-state index is 7.70. The smallest absolute Gasteiger partial charge is 0.0273 e. The molecule has 2 nitrogen and oxygen atoms in total. The average molecular weight is 183 g/mol. The molecule has 0 spiro atoms. The Morgan fingerprint density at radius 1 is 1.31 bits per heavy atom. The Morgan fingerprint density at radius 3 is 2.38 bits per heavy atom. The number of nitrogens with one attached hydrogen (secondary N) is 1. The van der Waals surface area contributed by atoms with Gasteiger partial charge in [0, 0.05) is 0 Å². The second kappa shape index (κ2) is 6.93. The molecule has 0 aliphatic rings. The van der Waals surface area contributed by atoms with E-state index >= 15 is 0 Å². The molecule has 0 aromatic heterocycles. The summed E-state index contributed by atoms with van der Waals surface area (Å²) in [5.41, 5.74) is 0. The van der Waals surface area contributed by atoms with Crippen LogP contribution in [0.2, 0.25) is 0 Å². The fourth-order valence-corrected chi connectivity index (χ4v) is 1.27. The van der Waals surface area contributed by atoms with Crippen molar-refractivity contribution in [2.75, 3.05) is 6.54 Å². The minimum Gasteiger partial charge on any atom is -0.486 e. The van der Waals surface area contributed by atoms with Crippen molar-refractivity contribution in [1.29, 1.82) is 5.41 Å². The van der Waals surface area contributed by atoms with Gasteiger partial charge in [0.1, 0.15) is 0 Å². The van der Waals surface area contributed by atoms with Crippen molar-refractivity contribution in [2.45, 2.75) is 47.0 Å². The first kappa shape index (κ1) is 12.5. The summed E-state index contributed by atoms with van der Waals surface area (Å²) in [6, 6.07) is 0. The van der Waals surface area contributed by atoms with E-state index in [0.29, 0.717) is 17.7 Å². The Kier molecular flexibility index (Phi) is 6.65. The normalized spacial score (nSPS) is 15.1. The van der Waals surface area contributed by atoms with Crippen LogP contribution in [0, 0.1) is 17.2 Å². The second-order valence-corrected chi connectivity index (χ2v) is 3.92. The summed E-state index contributed by atoms with van der Waals surface area (Å²) in [5, 5.41) is 11.9. The van der Waals surface area contributed by atoms with Crippen LogP contribution >= 0.6 is 0 Å². The third kappa shape index (κ3) is 5.67. The lowest BCUT2D eigenvalue weighted by molar-refractivity contribution is 0.468. The van der Waals surface area contributed by atoms with Gasteiger partial charge in [0.25, 0.3) is 0 Å². The number of hydrogen-bond acceptors (Lipinski definition) is 1. The van der Waals surface area contributed by atoms with Crippen LogP contribution in [0.5, 0.6) is 0 Å². The summed E-state index contributed by atoms with van der Waals surface area (Å²) in [6.07, 6.45) is 3.34. The zero-order valence-corrected chi connectivity index (χ0v) is 9.43. The molecule has 2 heteroatoms. The van der Waals surface area contributed by atoms with Crippen LogP contribution in [0.3, 0.4) is 0 Å². The molecule has 13 heavy (non-hydrogen) atoms. The number of hydrogen-bond donors (Lipinski definition) is 1. The van der Waals surface area contributed by atoms with Gasteiger partial charge < -0.3 is 10.7 Å². The molecular formula is C11H23N2-. The lowest BCUT2D eigenvalue weighted by Gasteiger charge is -2.24. The third-order valence-corrected chi connectivity index (χ3v) is 2.43. The predicted molar refractivity (Wildman–Crippen MR) is 59.5 cm³/mol. The SMILES string of the molecule is CCC[N-]C(=N)C(C)CC(C)CC. The van der Waals surface area contributed by atoms with Gasteiger partial charge in [0.2, 0.25) is 0 Å². The summed E-state index contributed by atoms with van der Waals surface area (Å²) in [5.74, 6) is 1.64. The minimum atomic E-state index is 0.335. The molecule has 0 aromatic carbocycles. The summed E-state index contributed by atoms with van der Waals surface area (Å²) in [4.78, 5) is 0. The molecule has 0 rings (SSSR count). The van der Waals surface area contributed by atoms with Crippen LogP contribution in [0.4, 0.5) is 0 Å². The zero-order valence-electron chi connectivity index (χ0n) is 9.43. The summed E-state index contributed by atoms with van der Waals surface area (Å²) in [7, 11) is 0. The first-order chi connectivity index (χ1) is 6.11. The van der Waals surface area contributed by atoms with Crippen LogP contribution in [-0.4, -0.2) is 12.4 Å². The molecule has 1 N–H and O–H groups in total. The average Bonchev–Trinajstić information content (AvgIpc) is 2.13. The molecule has 0 amide bonds. The highest BCUT2D eigenvalue weighted by atomic mass is 14.9. The van der Waals surface area contributed by atoms with Crippen molar-refractivity contribution in [3.05, 3.63) is 5.32 Å². The minimum absolute atomic E-state index is 0.335. The quantitative estimate of drug-likeness (QED) is 0.480. The number of rotatable bonds is 6. The van der Waals surface area contributed by atoms with Gasteiger partial charge in [-0.15, -0.1) is 0 Å². The maximum atomic E-state index is 7.70. The van der Waals surface area contributed by atoms with Crippen LogP contribution in [0.1, 0.15) is 47.0 Å². The molecule has 2 unspecified atom stereocenters. The monoisotopic (exact) mass is 183 g/mol. The molecule has 78 valence electrons. The fourth-order valence-electron chi connectivity index (χ4n) is 1.27. The van der Waals surface area contributed by atoms with Crippen LogP contribution < -0.4 is 0 Å². The molecule has 0 radical (unpaired) electrons. The van der Waals surface area contributed by atoms with Crippen molar-refractivity contribution in [3.8, 4) is 0 Å². The van der Waals surface area contributed by atoms with Gasteiger partial charge in [-0.25, -0.2) is 0 Å². The Bertz CT molecular complexity index is 143. The Morgan fingerprint density at radius 2 is 1.92 bits per heavy atom. The third-order valence-electron chi connectivity index (χ3n) is 2.43. The lowest BCUT2D eigenvalue weighted by Crippen LogP contribution is -2.13. The van der Waals surface area contributed by atoms with E-state index in [4.69, 9.17) is 5.41 Å². The molecule has 0 aromatic rings. The lowest BCUT2D eigenvalue weighted by atomic mass is 9.94. The van der Waals surface area contributed by atoms with E-state index in [1.165, 1.54) is 6.42 Å². The Labute approximate surface area is 82.6 Å². The maximum Gasteiger partial charge on any atom is -0.0273 e. The van der Waals surface area contributed by atoms with Crippen molar-refractivity contribution < 1.29 is 0 Å². The molecule has 0 fully saturated rings. The van der Waals surface area contributed by atoms with Crippen molar-refractivity contribution in [3.63, 3.8) is 0 Å². The van der Waals surface area contributed by atoms with Gasteiger partial charge in [-0.1, -0.05) is 52.9 Å². The topological polar surface area (TPSA) is 38.0 Å². The van der Waals surface area contributed by atoms with Gasteiger partial charge in [0.15, 0.2) is 0 Å². The van der Waals surface area contributed by atoms with Gasteiger partial charge in [-0.2, -0.15) is 0 Å². The number of nitrogens with zero attached hydrogens (tertiary/aromatic N) is 1. The van der Waals surface area contributed by atoms with Gasteiger partial charge in [-0.3, -0.25) is 0 Å². The highest BCUT2D eigenvalue weighted by Crippen LogP contribution is 2.17. The highest BCUT2D eigenvalue weighted by molar-refractivity contribution is 5.93. The van der Waals surface area contributed by atoms with E-state index in [0.717, 1.165) is 19.4 Å². The standard InChI is InChI=1S/C11H23N2/c1-5-7-13-11(12)10(4)8-9(3)6-2/h9-10H,5-8H2,1-4H3,(H-,12,13)/q-1. The summed E-state index contributed by atoms with van der Waals surface area (Å²) < 4.78 is 0. The van der Waals surface area contributed by atoms with Gasteiger partial charge >= 0.3 is 0 Å². The van der Waals surface area contributed by atoms with E-state index in [9.17, 15) is 0 Å². The molecule has 2 atom stereocenters. The molecular weight excluding hydrogens is 160 g/mol. The largest absolute Gasteiger partial charge is 0.486 e. The highest BCUT2D eigenvalue weighted by Gasteiger charge is 2.06. The fraction of sp³-hybridized carbons (Fsp3) is 0.909. The first-order valence-electron chi connectivity index (χ1n) is 5.37. The molecule has 0 bridgehead atoms. The van der Waals surface area contributed by atoms with Crippen molar-refractivity contribution in [2.24, 2.45) is 11.8 Å². The Hall–Kier alpha value is -0.530. The van der Waals surface area contributed by atoms with E-state index in [-0.39, 0.29) is 0 Å². The van der Waals surface area contributed by atoms with Crippen molar-refractivity contribution in [1.82, 2.24) is 0 Å². The first-order valence-corrected chi connectivity index (χ1v) is 5.37. The van der Waals surface area contributed by atoms with E-state index in [1.807, 2.05) is 0 Å². The van der Waals surface area contributed by atoms with Crippen LogP contribution in [0.15, 0.2) is 0 Å². The molecule has 0 heterocycles. The van der Waals surface area contributed by atoms with Crippen molar-refractivity contribution >= 4 is 5.84 Å². The summed E-state index contributed by atoms with van der Waals surface area (Å²) >= 11 is 0. The molecule has 0 aliphatic heterocycles. The predicted octanol–water partition coefficient (Wildman–Crippen LogP) is 3.82. The van der Waals surface area contributed by atoms with Crippen LogP contribution in [-0.2, 0) is 0 Å². The molecule has 0 aliphatic carbocycles. The van der Waals surface area contributed by atoms with E-state index < -0.39 is 0 Å². The summed E-state index contributed by atoms with van der Waals surface area (Å²) in [6.45, 7) is 9.45. The van der Waals surface area contributed by atoms with Crippen LogP contribution in [0.25, 0.3) is 5.32 Å². The molecule has 0 saturated heterocycles.